The first-order valence-electron chi connectivity index (χ1n) is 5.34. The van der Waals surface area contributed by atoms with Gasteiger partial charge in [-0.3, -0.25) is 0 Å². The number of hydrogen-bond acceptors (Lipinski definition) is 3. The SMILES string of the molecule is CCC(COC)NCC1=CCCOC1. The molecule has 1 atom stereocenters. The van der Waals surface area contributed by atoms with Crippen LogP contribution in [0.1, 0.15) is 19.8 Å². The molecule has 0 bridgehead atoms. The second kappa shape index (κ2) is 6.98. The molecule has 1 unspecified atom stereocenters. The predicted molar refractivity (Wildman–Crippen MR) is 57.5 cm³/mol. The summed E-state index contributed by atoms with van der Waals surface area (Å²) in [5.41, 5.74) is 1.37. The number of methoxy groups -OCH3 is 1. The Bertz CT molecular complexity index is 180. The van der Waals surface area contributed by atoms with Crippen molar-refractivity contribution < 1.29 is 9.47 Å². The molecule has 1 heterocycles. The van der Waals surface area contributed by atoms with Gasteiger partial charge in [-0.2, -0.15) is 0 Å². The van der Waals surface area contributed by atoms with E-state index in [1.807, 2.05) is 0 Å². The van der Waals surface area contributed by atoms with Crippen LogP contribution in [0.2, 0.25) is 0 Å². The molecular formula is C11H21NO2. The number of rotatable bonds is 6. The first-order chi connectivity index (χ1) is 6.86. The Kier molecular flexibility index (Phi) is 5.83. The third-order valence-corrected chi connectivity index (χ3v) is 2.46. The van der Waals surface area contributed by atoms with Crippen LogP contribution in [0, 0.1) is 0 Å². The minimum absolute atomic E-state index is 0.461. The van der Waals surface area contributed by atoms with Gasteiger partial charge in [0, 0.05) is 19.7 Å². The molecule has 1 aliphatic heterocycles. The van der Waals surface area contributed by atoms with E-state index in [9.17, 15) is 0 Å². The highest BCUT2D eigenvalue weighted by Gasteiger charge is 2.07. The fraction of sp³-hybridized carbons (Fsp3) is 0.818. The fourth-order valence-corrected chi connectivity index (χ4v) is 1.53. The third-order valence-electron chi connectivity index (χ3n) is 2.46. The molecule has 0 aromatic carbocycles. The summed E-state index contributed by atoms with van der Waals surface area (Å²) in [6.07, 6.45) is 4.43. The van der Waals surface area contributed by atoms with Gasteiger partial charge in [0.1, 0.15) is 0 Å². The Morgan fingerprint density at radius 1 is 1.64 bits per heavy atom. The molecule has 82 valence electrons. The van der Waals surface area contributed by atoms with Gasteiger partial charge in [0.15, 0.2) is 0 Å². The summed E-state index contributed by atoms with van der Waals surface area (Å²) in [6.45, 7) is 5.55. The normalized spacial score (nSPS) is 19.1. The lowest BCUT2D eigenvalue weighted by Gasteiger charge is -2.19. The molecule has 0 saturated heterocycles. The van der Waals surface area contributed by atoms with Crippen LogP contribution >= 0.6 is 0 Å². The van der Waals surface area contributed by atoms with Crippen molar-refractivity contribution in [1.29, 1.82) is 0 Å². The van der Waals surface area contributed by atoms with Gasteiger partial charge in [-0.1, -0.05) is 13.0 Å². The molecule has 1 aliphatic rings. The Hall–Kier alpha value is -0.380. The molecule has 3 nitrogen and oxygen atoms in total. The van der Waals surface area contributed by atoms with Crippen LogP contribution in [-0.2, 0) is 9.47 Å². The topological polar surface area (TPSA) is 30.5 Å². The molecule has 0 amide bonds. The van der Waals surface area contributed by atoms with Crippen LogP contribution in [0.3, 0.4) is 0 Å². The molecule has 0 fully saturated rings. The van der Waals surface area contributed by atoms with Crippen molar-refractivity contribution in [3.8, 4) is 0 Å². The van der Waals surface area contributed by atoms with Gasteiger partial charge in [-0.25, -0.2) is 0 Å². The largest absolute Gasteiger partial charge is 0.383 e. The number of hydrogen-bond donors (Lipinski definition) is 1. The Morgan fingerprint density at radius 3 is 3.07 bits per heavy atom. The Labute approximate surface area is 86.5 Å². The molecule has 0 aromatic heterocycles. The monoisotopic (exact) mass is 199 g/mol. The van der Waals surface area contributed by atoms with Crippen molar-refractivity contribution in [3.05, 3.63) is 11.6 Å². The Balaban J connectivity index is 2.19. The van der Waals surface area contributed by atoms with Crippen molar-refractivity contribution in [1.82, 2.24) is 5.32 Å². The average molecular weight is 199 g/mol. The average Bonchev–Trinajstić information content (AvgIpc) is 2.25. The standard InChI is InChI=1S/C11H21NO2/c1-3-11(9-13-2)12-7-10-5-4-6-14-8-10/h5,11-12H,3-4,6-9H2,1-2H3. The second-order valence-electron chi connectivity index (χ2n) is 3.65. The zero-order valence-corrected chi connectivity index (χ0v) is 9.21. The van der Waals surface area contributed by atoms with E-state index in [1.165, 1.54) is 5.57 Å². The van der Waals surface area contributed by atoms with Crippen LogP contribution < -0.4 is 5.32 Å². The molecule has 0 radical (unpaired) electrons. The third kappa shape index (κ3) is 4.22. The zero-order chi connectivity index (χ0) is 10.2. The second-order valence-corrected chi connectivity index (χ2v) is 3.65. The molecule has 3 heteroatoms. The molecule has 0 aromatic rings. The van der Waals surface area contributed by atoms with Crippen LogP contribution in [-0.4, -0.2) is 39.5 Å². The smallest absolute Gasteiger partial charge is 0.0689 e. The summed E-state index contributed by atoms with van der Waals surface area (Å²) in [5.74, 6) is 0. The number of nitrogens with one attached hydrogen (secondary N) is 1. The van der Waals surface area contributed by atoms with Crippen molar-refractivity contribution in [2.24, 2.45) is 0 Å². The van der Waals surface area contributed by atoms with E-state index in [-0.39, 0.29) is 0 Å². The van der Waals surface area contributed by atoms with Crippen LogP contribution in [0.5, 0.6) is 0 Å². The summed E-state index contributed by atoms with van der Waals surface area (Å²) in [6, 6.07) is 0.461. The summed E-state index contributed by atoms with van der Waals surface area (Å²) < 4.78 is 10.5. The molecule has 0 aliphatic carbocycles. The molecule has 14 heavy (non-hydrogen) atoms. The van der Waals surface area contributed by atoms with Crippen molar-refractivity contribution in [2.75, 3.05) is 33.5 Å². The van der Waals surface area contributed by atoms with Crippen LogP contribution in [0.4, 0.5) is 0 Å². The lowest BCUT2D eigenvalue weighted by Crippen LogP contribution is -2.35. The van der Waals surface area contributed by atoms with E-state index in [0.29, 0.717) is 6.04 Å². The van der Waals surface area contributed by atoms with Crippen molar-refractivity contribution >= 4 is 0 Å². The summed E-state index contributed by atoms with van der Waals surface area (Å²) in [7, 11) is 1.74. The maximum absolute atomic E-state index is 5.37. The first-order valence-corrected chi connectivity index (χ1v) is 5.34. The maximum atomic E-state index is 5.37. The zero-order valence-electron chi connectivity index (χ0n) is 9.21. The van der Waals surface area contributed by atoms with Gasteiger partial charge < -0.3 is 14.8 Å². The summed E-state index contributed by atoms with van der Waals surface area (Å²) in [4.78, 5) is 0. The van der Waals surface area contributed by atoms with E-state index in [4.69, 9.17) is 9.47 Å². The lowest BCUT2D eigenvalue weighted by atomic mass is 10.1. The highest BCUT2D eigenvalue weighted by molar-refractivity contribution is 5.07. The number of ether oxygens (including phenoxy) is 2. The van der Waals surface area contributed by atoms with Gasteiger partial charge >= 0.3 is 0 Å². The van der Waals surface area contributed by atoms with E-state index < -0.39 is 0 Å². The first kappa shape index (κ1) is 11.7. The quantitative estimate of drug-likeness (QED) is 0.655. The molecule has 1 N–H and O–H groups in total. The lowest BCUT2D eigenvalue weighted by molar-refractivity contribution is 0.144. The van der Waals surface area contributed by atoms with Crippen molar-refractivity contribution in [3.63, 3.8) is 0 Å². The maximum Gasteiger partial charge on any atom is 0.0689 e. The van der Waals surface area contributed by atoms with E-state index in [2.05, 4.69) is 18.3 Å². The molecule has 1 rings (SSSR count). The Morgan fingerprint density at radius 2 is 2.50 bits per heavy atom. The molecular weight excluding hydrogens is 178 g/mol. The van der Waals surface area contributed by atoms with Gasteiger partial charge in [-0.15, -0.1) is 0 Å². The molecule has 0 spiro atoms. The summed E-state index contributed by atoms with van der Waals surface area (Å²) in [5, 5.41) is 3.47. The molecule has 0 saturated carbocycles. The summed E-state index contributed by atoms with van der Waals surface area (Å²) >= 11 is 0. The highest BCUT2D eigenvalue weighted by atomic mass is 16.5. The van der Waals surface area contributed by atoms with Crippen molar-refractivity contribution in [2.45, 2.75) is 25.8 Å². The predicted octanol–water partition coefficient (Wildman–Crippen LogP) is 1.35. The van der Waals surface area contributed by atoms with Gasteiger partial charge in [0.2, 0.25) is 0 Å². The van der Waals surface area contributed by atoms with E-state index in [1.54, 1.807) is 7.11 Å². The van der Waals surface area contributed by atoms with E-state index >= 15 is 0 Å². The highest BCUT2D eigenvalue weighted by Crippen LogP contribution is 2.04. The van der Waals surface area contributed by atoms with E-state index in [0.717, 1.165) is 39.2 Å². The minimum Gasteiger partial charge on any atom is -0.383 e. The van der Waals surface area contributed by atoms with Gasteiger partial charge in [0.05, 0.1) is 19.8 Å². The van der Waals surface area contributed by atoms with Crippen LogP contribution in [0.15, 0.2) is 11.6 Å². The minimum atomic E-state index is 0.461. The van der Waals surface area contributed by atoms with Gasteiger partial charge in [-0.05, 0) is 18.4 Å². The fourth-order valence-electron chi connectivity index (χ4n) is 1.53. The van der Waals surface area contributed by atoms with Gasteiger partial charge in [0.25, 0.3) is 0 Å². The van der Waals surface area contributed by atoms with Crippen LogP contribution in [0.25, 0.3) is 0 Å².